The van der Waals surface area contributed by atoms with E-state index in [1.54, 1.807) is 19.0 Å². The van der Waals surface area contributed by atoms with E-state index in [0.29, 0.717) is 67.9 Å². The quantitative estimate of drug-likeness (QED) is 0.0607. The summed E-state index contributed by atoms with van der Waals surface area (Å²) in [6.07, 6.45) is 12.0. The summed E-state index contributed by atoms with van der Waals surface area (Å²) in [5.41, 5.74) is 15.8. The fourth-order valence-electron chi connectivity index (χ4n) is 17.7. The summed E-state index contributed by atoms with van der Waals surface area (Å²) >= 11 is 22.7. The number of fused-ring (bicyclic) bond motifs is 6. The lowest BCUT2D eigenvalue weighted by atomic mass is 9.80. The number of aliphatic hydroxyl groups is 6. The van der Waals surface area contributed by atoms with E-state index in [9.17, 15) is 30.6 Å². The van der Waals surface area contributed by atoms with E-state index in [1.165, 1.54) is 11.1 Å². The number of nitrogen functional groups attached to an aromatic ring is 1. The molecule has 22 nitrogen and oxygen atoms in total. The molecule has 3 spiro atoms. The molecule has 6 fully saturated rings. The van der Waals surface area contributed by atoms with Gasteiger partial charge in [0, 0.05) is 92.3 Å². The standard InChI is InChI=1S/2C25H25BrClN5O2.C25H26BrN5O3/c2*1-13-17-4-5-32(24(17)30-12-29-13)20-10-25(22(34)21(20)33)9-16(28-11-25)6-14-2-3-15-8-18(26)23(27)31-19(15)7-14;1-13-17-4-5-31(24(17)29-12-28-13)20-10-25(22(33)21(20)32)9-16(34-11-25)6-14-2-3-15-8-18(26)23(27)30-19(15)7-14/h2*2-5,7-8,12,16,20-22,28,33-34H,6,9-11H2,1H3;2-5,7-8,12,16,20-22,32-33H,6,9-11H2,1H3,(H2,27,30)/t16-,20+,21-,22-,25-;16-,20-,21+,22+,25+;16-,20+,21-,22-,25-/m010/s1. The normalized spacial score (nSPS) is 29.1. The number of aliphatic hydroxyl groups excluding tert-OH is 6. The van der Waals surface area contributed by atoms with Crippen molar-refractivity contribution in [3.63, 3.8) is 0 Å². The molecular weight excluding hydrogens is 1530 g/mol. The Morgan fingerprint density at radius 1 is 0.471 bits per heavy atom. The highest BCUT2D eigenvalue weighted by Gasteiger charge is 2.59. The molecule has 3 aliphatic heterocycles. The van der Waals surface area contributed by atoms with E-state index in [-0.39, 0.29) is 47.1 Å². The van der Waals surface area contributed by atoms with Gasteiger partial charge in [-0.25, -0.2) is 44.9 Å². The fourth-order valence-corrected chi connectivity index (χ4v) is 19.0. The van der Waals surface area contributed by atoms with Gasteiger partial charge in [-0.15, -0.1) is 0 Å². The second-order valence-electron chi connectivity index (χ2n) is 29.2. The molecule has 18 rings (SSSR count). The first-order chi connectivity index (χ1) is 49.0. The summed E-state index contributed by atoms with van der Waals surface area (Å²) < 4.78 is 14.5. The summed E-state index contributed by atoms with van der Waals surface area (Å²) in [5, 5.41) is 80.7. The van der Waals surface area contributed by atoms with E-state index >= 15 is 0 Å². The monoisotopic (exact) mass is 1610 g/mol. The van der Waals surface area contributed by atoms with Crippen LogP contribution in [0.25, 0.3) is 65.8 Å². The van der Waals surface area contributed by atoms with Gasteiger partial charge < -0.3 is 65.4 Å². The molecule has 0 amide bonds. The minimum absolute atomic E-state index is 0.0446. The number of ether oxygens (including phenoxy) is 1. The van der Waals surface area contributed by atoms with E-state index in [0.717, 1.165) is 128 Å². The van der Waals surface area contributed by atoms with Crippen LogP contribution in [0, 0.1) is 37.0 Å². The van der Waals surface area contributed by atoms with Crippen molar-refractivity contribution in [2.24, 2.45) is 16.2 Å². The minimum Gasteiger partial charge on any atom is -0.390 e. The Hall–Kier alpha value is -6.79. The lowest BCUT2D eigenvalue weighted by molar-refractivity contribution is -0.0308. The van der Waals surface area contributed by atoms with Crippen LogP contribution in [0.3, 0.4) is 0 Å². The Morgan fingerprint density at radius 2 is 0.843 bits per heavy atom. The lowest BCUT2D eigenvalue weighted by Gasteiger charge is -2.27. The zero-order valence-corrected chi connectivity index (χ0v) is 62.2. The highest BCUT2D eigenvalue weighted by molar-refractivity contribution is 9.11. The number of aromatic nitrogens is 12. The summed E-state index contributed by atoms with van der Waals surface area (Å²) in [4.78, 5) is 39.6. The van der Waals surface area contributed by atoms with Crippen molar-refractivity contribution in [2.75, 3.05) is 25.4 Å². The molecule has 3 saturated heterocycles. The van der Waals surface area contributed by atoms with Crippen LogP contribution in [0.5, 0.6) is 0 Å². The summed E-state index contributed by atoms with van der Waals surface area (Å²) in [7, 11) is 0. The van der Waals surface area contributed by atoms with Crippen molar-refractivity contribution in [2.45, 2.75) is 151 Å². The Labute approximate surface area is 621 Å². The maximum absolute atomic E-state index is 11.2. The Bertz CT molecular complexity index is 4740. The van der Waals surface area contributed by atoms with E-state index in [2.05, 4.69) is 146 Å². The van der Waals surface area contributed by atoms with Gasteiger partial charge >= 0.3 is 0 Å². The van der Waals surface area contributed by atoms with Gasteiger partial charge in [-0.1, -0.05) is 59.6 Å². The average Bonchev–Trinajstić information content (AvgIpc) is 1.59. The van der Waals surface area contributed by atoms with E-state index in [4.69, 9.17) is 33.7 Å². The lowest BCUT2D eigenvalue weighted by Crippen LogP contribution is -2.38. The largest absolute Gasteiger partial charge is 0.390 e. The number of benzene rings is 3. The van der Waals surface area contributed by atoms with Gasteiger partial charge in [0.1, 0.15) is 70.4 Å². The van der Waals surface area contributed by atoms with Crippen LogP contribution in [0.4, 0.5) is 5.82 Å². The molecule has 10 N–H and O–H groups in total. The molecule has 3 aromatic carbocycles. The molecular formula is C75H76Br3Cl2N15O7. The maximum atomic E-state index is 11.2. The van der Waals surface area contributed by atoms with Crippen molar-refractivity contribution in [3.8, 4) is 0 Å². The van der Waals surface area contributed by atoms with Gasteiger partial charge in [-0.2, -0.15) is 0 Å². The third-order valence-corrected chi connectivity index (χ3v) is 25.9. The number of anilines is 1. The number of rotatable bonds is 9. The van der Waals surface area contributed by atoms with Crippen molar-refractivity contribution in [3.05, 3.63) is 186 Å². The molecule has 0 unspecified atom stereocenters. The number of pyridine rings is 3. The van der Waals surface area contributed by atoms with Crippen LogP contribution in [-0.4, -0.2) is 164 Å². The molecule has 27 heteroatoms. The highest BCUT2D eigenvalue weighted by atomic mass is 79.9. The number of hydrogen-bond donors (Lipinski definition) is 9. The maximum Gasteiger partial charge on any atom is 0.143 e. The van der Waals surface area contributed by atoms with Gasteiger partial charge in [0.05, 0.1) is 96.2 Å². The minimum atomic E-state index is -0.889. The molecule has 0 radical (unpaired) electrons. The fraction of sp³-hybridized carbons (Fsp3) is 0.400. The molecule has 12 heterocycles. The molecule has 3 saturated carbocycles. The van der Waals surface area contributed by atoms with Crippen LogP contribution in [0.2, 0.25) is 10.3 Å². The van der Waals surface area contributed by atoms with Crippen molar-refractivity contribution in [1.29, 1.82) is 0 Å². The molecule has 102 heavy (non-hydrogen) atoms. The van der Waals surface area contributed by atoms with Crippen LogP contribution < -0.4 is 16.4 Å². The Morgan fingerprint density at radius 3 is 1.26 bits per heavy atom. The topological polar surface area (TPSA) is 311 Å². The predicted octanol–water partition coefficient (Wildman–Crippen LogP) is 11.2. The summed E-state index contributed by atoms with van der Waals surface area (Å²) in [6.45, 7) is 7.62. The molecule has 0 bridgehead atoms. The molecule has 6 aliphatic rings. The van der Waals surface area contributed by atoms with Gasteiger partial charge in [-0.05, 0) is 198 Å². The van der Waals surface area contributed by atoms with Crippen LogP contribution >= 0.6 is 71.0 Å². The smallest absolute Gasteiger partial charge is 0.143 e. The number of halogens is 5. The first-order valence-corrected chi connectivity index (χ1v) is 37.5. The van der Waals surface area contributed by atoms with Gasteiger partial charge in [0.25, 0.3) is 0 Å². The second kappa shape index (κ2) is 27.3. The highest BCUT2D eigenvalue weighted by Crippen LogP contribution is 2.54. The number of nitrogens with zero attached hydrogens (tertiary/aromatic N) is 12. The molecule has 9 aromatic heterocycles. The zero-order chi connectivity index (χ0) is 70.8. The third kappa shape index (κ3) is 12.6. The van der Waals surface area contributed by atoms with Crippen molar-refractivity contribution >= 4 is 143 Å². The SMILES string of the molecule is Cc1ncnc2c1ccn2[C@@H]1C[C@@]2(CN[C@@H](Cc3ccc4cc(Br)c(Cl)nc4c3)C2)[C@@H](O)[C@H]1O.Cc1ncnc2c1ccn2[C@@H]1C[C@@]2(CN[C@H](Cc3ccc4cc(Br)c(Cl)nc4c3)C2)[C@@H](O)[C@H]1O.Cc1ncnc2c1ccn2[C@@H]1C[C@@]2(CO[C@@H](Cc3ccc4cc(Br)c(N)nc4c3)C2)[C@@H](O)[C@H]1O. The molecule has 15 atom stereocenters. The van der Waals surface area contributed by atoms with E-state index < -0.39 is 42.0 Å². The van der Waals surface area contributed by atoms with E-state index in [1.807, 2.05) is 102 Å². The number of nitrogens with one attached hydrogen (secondary N) is 2. The summed E-state index contributed by atoms with van der Waals surface area (Å²) in [6, 6.07) is 30.2. The van der Waals surface area contributed by atoms with Gasteiger partial charge in [-0.3, -0.25) is 0 Å². The van der Waals surface area contributed by atoms with Gasteiger partial charge in [0.15, 0.2) is 0 Å². The second-order valence-corrected chi connectivity index (χ2v) is 32.5. The van der Waals surface area contributed by atoms with Crippen molar-refractivity contribution < 1.29 is 35.4 Å². The van der Waals surface area contributed by atoms with Crippen LogP contribution in [-0.2, 0) is 24.0 Å². The van der Waals surface area contributed by atoms with Crippen molar-refractivity contribution in [1.82, 2.24) is 69.2 Å². The number of aryl methyl sites for hydroxylation is 3. The molecule has 12 aromatic rings. The summed E-state index contributed by atoms with van der Waals surface area (Å²) in [5.74, 6) is 0.466. The number of nitrogens with two attached hydrogens (primary N) is 1. The number of hydrogen-bond acceptors (Lipinski definition) is 19. The van der Waals surface area contributed by atoms with Crippen LogP contribution in [0.15, 0.2) is 142 Å². The molecule has 528 valence electrons. The Balaban J connectivity index is 0.000000118. The Kier molecular flexibility index (Phi) is 18.6. The predicted molar refractivity (Wildman–Crippen MR) is 402 cm³/mol. The first-order valence-electron chi connectivity index (χ1n) is 34.4. The molecule has 3 aliphatic carbocycles. The zero-order valence-electron chi connectivity index (χ0n) is 56.0. The first kappa shape index (κ1) is 69.6. The van der Waals surface area contributed by atoms with Gasteiger partial charge in [0.2, 0.25) is 0 Å². The van der Waals surface area contributed by atoms with Crippen LogP contribution in [0.1, 0.15) is 90.4 Å². The third-order valence-electron chi connectivity index (χ3n) is 23.0. The average molecular weight is 1610 g/mol.